The van der Waals surface area contributed by atoms with Crippen LogP contribution in [-0.4, -0.2) is 29.6 Å². The number of fused-ring (bicyclic) bond motifs is 1. The summed E-state index contributed by atoms with van der Waals surface area (Å²) in [5.41, 5.74) is 1.74. The predicted octanol–water partition coefficient (Wildman–Crippen LogP) is 3.35. The summed E-state index contributed by atoms with van der Waals surface area (Å²) in [7, 11) is 4.24. The fourth-order valence-corrected chi connectivity index (χ4v) is 2.97. The van der Waals surface area contributed by atoms with Crippen molar-refractivity contribution < 1.29 is 4.39 Å². The van der Waals surface area contributed by atoms with Crippen LogP contribution in [0.15, 0.2) is 24.4 Å². The molecular formula is C15H19FN2. The topological polar surface area (TPSA) is 8.17 Å². The molecule has 0 radical (unpaired) electrons. The number of aromatic nitrogens is 1. The minimum atomic E-state index is -0.108. The molecule has 2 aromatic rings. The maximum Gasteiger partial charge on any atom is 0.128 e. The van der Waals surface area contributed by atoms with Crippen molar-refractivity contribution in [1.29, 1.82) is 0 Å². The van der Waals surface area contributed by atoms with Crippen molar-refractivity contribution in [2.75, 3.05) is 14.1 Å². The molecule has 1 saturated carbocycles. The van der Waals surface area contributed by atoms with Gasteiger partial charge in [0.25, 0.3) is 0 Å². The third-order valence-corrected chi connectivity index (χ3v) is 4.22. The fraction of sp³-hybridized carbons (Fsp3) is 0.467. The number of rotatable bonds is 2. The first-order valence-corrected chi connectivity index (χ1v) is 6.51. The van der Waals surface area contributed by atoms with E-state index in [0.717, 1.165) is 16.5 Å². The Morgan fingerprint density at radius 3 is 2.67 bits per heavy atom. The van der Waals surface area contributed by atoms with Crippen LogP contribution < -0.4 is 0 Å². The van der Waals surface area contributed by atoms with Gasteiger partial charge in [-0.1, -0.05) is 0 Å². The Kier molecular flexibility index (Phi) is 2.67. The largest absolute Gasteiger partial charge is 0.343 e. The number of benzene rings is 1. The first kappa shape index (κ1) is 11.7. The van der Waals surface area contributed by atoms with Crippen LogP contribution in [-0.2, 0) is 0 Å². The van der Waals surface area contributed by atoms with E-state index in [-0.39, 0.29) is 5.82 Å². The van der Waals surface area contributed by atoms with E-state index < -0.39 is 0 Å². The van der Waals surface area contributed by atoms with E-state index >= 15 is 0 Å². The molecule has 1 aromatic carbocycles. The minimum Gasteiger partial charge on any atom is -0.343 e. The van der Waals surface area contributed by atoms with Gasteiger partial charge in [-0.2, -0.15) is 0 Å². The zero-order chi connectivity index (χ0) is 12.9. The molecule has 1 heterocycles. The molecule has 0 aliphatic heterocycles. The van der Waals surface area contributed by atoms with Gasteiger partial charge in [-0.05, 0) is 57.6 Å². The first-order valence-electron chi connectivity index (χ1n) is 6.51. The standard InChI is InChI=1S/C15H19FN2/c1-10-8-11-6-7-18(15(11)9-12(10)16)14-5-4-13(14)17(2)3/h6-9,13-14H,4-5H2,1-3H3. The van der Waals surface area contributed by atoms with Crippen molar-refractivity contribution in [1.82, 2.24) is 9.47 Å². The van der Waals surface area contributed by atoms with Crippen molar-refractivity contribution >= 4 is 10.9 Å². The first-order chi connectivity index (χ1) is 8.58. The van der Waals surface area contributed by atoms with Gasteiger partial charge in [0.1, 0.15) is 5.82 Å². The maximum atomic E-state index is 13.7. The van der Waals surface area contributed by atoms with Crippen molar-refractivity contribution in [3.8, 4) is 0 Å². The highest BCUT2D eigenvalue weighted by atomic mass is 19.1. The maximum absolute atomic E-state index is 13.7. The van der Waals surface area contributed by atoms with Gasteiger partial charge in [-0.15, -0.1) is 0 Å². The van der Waals surface area contributed by atoms with Crippen LogP contribution in [0, 0.1) is 12.7 Å². The second-order valence-electron chi connectivity index (χ2n) is 5.56. The van der Waals surface area contributed by atoms with E-state index in [0.29, 0.717) is 12.1 Å². The average Bonchev–Trinajstić information content (AvgIpc) is 2.60. The number of likely N-dealkylation sites (N-methyl/N-ethyl adjacent to an activating group) is 1. The molecule has 2 nitrogen and oxygen atoms in total. The van der Waals surface area contributed by atoms with E-state index in [1.165, 1.54) is 12.8 Å². The lowest BCUT2D eigenvalue weighted by Gasteiger charge is -2.42. The summed E-state index contributed by atoms with van der Waals surface area (Å²) in [6.45, 7) is 1.82. The molecular weight excluding hydrogens is 227 g/mol. The Bertz CT molecular complexity index is 585. The van der Waals surface area contributed by atoms with Crippen LogP contribution in [0.4, 0.5) is 4.39 Å². The summed E-state index contributed by atoms with van der Waals surface area (Å²) < 4.78 is 16.0. The molecule has 0 saturated heterocycles. The molecule has 1 aromatic heterocycles. The van der Waals surface area contributed by atoms with Crippen molar-refractivity contribution in [3.63, 3.8) is 0 Å². The Morgan fingerprint density at radius 2 is 2.06 bits per heavy atom. The van der Waals surface area contributed by atoms with Crippen molar-refractivity contribution in [3.05, 3.63) is 35.8 Å². The van der Waals surface area contributed by atoms with Crippen LogP contribution in [0.25, 0.3) is 10.9 Å². The summed E-state index contributed by atoms with van der Waals surface area (Å²) in [6.07, 6.45) is 4.51. The third-order valence-electron chi connectivity index (χ3n) is 4.22. The van der Waals surface area contributed by atoms with Crippen LogP contribution in [0.3, 0.4) is 0 Å². The normalized spacial score (nSPS) is 23.6. The molecule has 0 N–H and O–H groups in total. The Morgan fingerprint density at radius 1 is 1.28 bits per heavy atom. The number of halogens is 1. The van der Waals surface area contributed by atoms with Gasteiger partial charge >= 0.3 is 0 Å². The van der Waals surface area contributed by atoms with E-state index in [1.54, 1.807) is 6.07 Å². The molecule has 1 fully saturated rings. The Labute approximate surface area is 107 Å². The number of nitrogens with zero attached hydrogens (tertiary/aromatic N) is 2. The number of hydrogen-bond acceptors (Lipinski definition) is 1. The zero-order valence-corrected chi connectivity index (χ0v) is 11.2. The predicted molar refractivity (Wildman–Crippen MR) is 72.4 cm³/mol. The molecule has 1 aliphatic rings. The van der Waals surface area contributed by atoms with Crippen molar-refractivity contribution in [2.45, 2.75) is 31.8 Å². The summed E-state index contributed by atoms with van der Waals surface area (Å²) in [4.78, 5) is 2.27. The zero-order valence-electron chi connectivity index (χ0n) is 11.2. The molecule has 96 valence electrons. The quantitative estimate of drug-likeness (QED) is 0.789. The van der Waals surface area contributed by atoms with Crippen LogP contribution in [0.2, 0.25) is 0 Å². The molecule has 0 amide bonds. The average molecular weight is 246 g/mol. The van der Waals surface area contributed by atoms with Gasteiger partial charge in [-0.3, -0.25) is 0 Å². The van der Waals surface area contributed by atoms with Gasteiger partial charge < -0.3 is 9.47 Å². The van der Waals surface area contributed by atoms with Crippen LogP contribution >= 0.6 is 0 Å². The van der Waals surface area contributed by atoms with E-state index in [2.05, 4.69) is 35.8 Å². The fourth-order valence-electron chi connectivity index (χ4n) is 2.97. The second-order valence-corrected chi connectivity index (χ2v) is 5.56. The van der Waals surface area contributed by atoms with E-state index in [9.17, 15) is 4.39 Å². The minimum absolute atomic E-state index is 0.108. The number of aryl methyl sites for hydroxylation is 1. The van der Waals surface area contributed by atoms with Gasteiger partial charge in [0.15, 0.2) is 0 Å². The molecule has 1 aliphatic carbocycles. The highest BCUT2D eigenvalue weighted by Crippen LogP contribution is 2.38. The summed E-state index contributed by atoms with van der Waals surface area (Å²) >= 11 is 0. The molecule has 18 heavy (non-hydrogen) atoms. The summed E-state index contributed by atoms with van der Waals surface area (Å²) in [6, 6.07) is 6.76. The van der Waals surface area contributed by atoms with Gasteiger partial charge in [0.2, 0.25) is 0 Å². The molecule has 2 unspecified atom stereocenters. The van der Waals surface area contributed by atoms with Crippen LogP contribution in [0.1, 0.15) is 24.4 Å². The van der Waals surface area contributed by atoms with Crippen molar-refractivity contribution in [2.24, 2.45) is 0 Å². The van der Waals surface area contributed by atoms with Crippen LogP contribution in [0.5, 0.6) is 0 Å². The van der Waals surface area contributed by atoms with Gasteiger partial charge in [0, 0.05) is 23.7 Å². The number of hydrogen-bond donors (Lipinski definition) is 0. The smallest absolute Gasteiger partial charge is 0.128 e. The van der Waals surface area contributed by atoms with Gasteiger partial charge in [-0.25, -0.2) is 4.39 Å². The summed E-state index contributed by atoms with van der Waals surface area (Å²) in [5.74, 6) is -0.108. The molecule has 3 heteroatoms. The highest BCUT2D eigenvalue weighted by Gasteiger charge is 2.34. The SMILES string of the molecule is Cc1cc2ccn(C3CCC3N(C)C)c2cc1F. The monoisotopic (exact) mass is 246 g/mol. The second kappa shape index (κ2) is 4.09. The Balaban J connectivity index is 2.05. The lowest BCUT2D eigenvalue weighted by molar-refractivity contribution is 0.116. The third kappa shape index (κ3) is 1.65. The molecule has 3 rings (SSSR count). The Hall–Kier alpha value is -1.35. The lowest BCUT2D eigenvalue weighted by Crippen LogP contribution is -2.43. The summed E-state index contributed by atoms with van der Waals surface area (Å²) in [5, 5.41) is 1.14. The highest BCUT2D eigenvalue weighted by molar-refractivity contribution is 5.81. The van der Waals surface area contributed by atoms with E-state index in [4.69, 9.17) is 0 Å². The molecule has 0 spiro atoms. The molecule has 2 atom stereocenters. The van der Waals surface area contributed by atoms with E-state index in [1.807, 2.05) is 13.0 Å². The molecule has 0 bridgehead atoms. The van der Waals surface area contributed by atoms with Gasteiger partial charge in [0.05, 0.1) is 5.52 Å². The lowest BCUT2D eigenvalue weighted by atomic mass is 9.85.